The molecule has 1 aromatic carbocycles. The summed E-state index contributed by atoms with van der Waals surface area (Å²) in [6, 6.07) is 11.4. The van der Waals surface area contributed by atoms with Gasteiger partial charge in [-0.1, -0.05) is 24.3 Å². The normalized spacial score (nSPS) is 18.6. The second kappa shape index (κ2) is 4.94. The second-order valence-electron chi connectivity index (χ2n) is 4.94. The maximum atomic E-state index is 4.22. The molecule has 1 atom stereocenters. The molecule has 0 radical (unpaired) electrons. The van der Waals surface area contributed by atoms with E-state index < -0.39 is 0 Å². The summed E-state index contributed by atoms with van der Waals surface area (Å²) in [5.74, 6) is 0. The highest BCUT2D eigenvalue weighted by Crippen LogP contribution is 2.26. The van der Waals surface area contributed by atoms with Gasteiger partial charge in [-0.2, -0.15) is 5.10 Å². The van der Waals surface area contributed by atoms with Gasteiger partial charge < -0.3 is 5.32 Å². The van der Waals surface area contributed by atoms with Gasteiger partial charge in [0.2, 0.25) is 0 Å². The molecular weight excluding hydrogens is 222 g/mol. The van der Waals surface area contributed by atoms with Crippen molar-refractivity contribution in [3.63, 3.8) is 0 Å². The van der Waals surface area contributed by atoms with Gasteiger partial charge in [0.25, 0.3) is 0 Å². The Morgan fingerprint density at radius 1 is 1.33 bits per heavy atom. The van der Waals surface area contributed by atoms with Crippen molar-refractivity contribution < 1.29 is 0 Å². The summed E-state index contributed by atoms with van der Waals surface area (Å²) < 4.78 is 1.97. The number of nitrogens with one attached hydrogen (secondary N) is 1. The number of aromatic nitrogens is 2. The van der Waals surface area contributed by atoms with E-state index >= 15 is 0 Å². The summed E-state index contributed by atoms with van der Waals surface area (Å²) in [5.41, 5.74) is 4.29. The summed E-state index contributed by atoms with van der Waals surface area (Å²) in [7, 11) is 2.01. The fourth-order valence-electron chi connectivity index (χ4n) is 2.79. The van der Waals surface area contributed by atoms with Crippen molar-refractivity contribution in [3.05, 3.63) is 53.3 Å². The van der Waals surface area contributed by atoms with Gasteiger partial charge in [-0.3, -0.25) is 4.68 Å². The Morgan fingerprint density at radius 2 is 2.22 bits per heavy atom. The summed E-state index contributed by atoms with van der Waals surface area (Å²) in [4.78, 5) is 0. The molecule has 1 aliphatic rings. The monoisotopic (exact) mass is 241 g/mol. The molecule has 0 aliphatic carbocycles. The van der Waals surface area contributed by atoms with Crippen LogP contribution in [0, 0.1) is 0 Å². The fraction of sp³-hybridized carbons (Fsp3) is 0.400. The third kappa shape index (κ3) is 2.18. The molecule has 0 saturated heterocycles. The molecular formula is C15H19N3. The van der Waals surface area contributed by atoms with Crippen molar-refractivity contribution in [1.82, 2.24) is 15.1 Å². The van der Waals surface area contributed by atoms with E-state index in [2.05, 4.69) is 40.7 Å². The lowest BCUT2D eigenvalue weighted by Gasteiger charge is -2.27. The molecule has 94 valence electrons. The highest BCUT2D eigenvalue weighted by molar-refractivity contribution is 5.32. The Labute approximate surface area is 108 Å². The third-order valence-corrected chi connectivity index (χ3v) is 3.83. The predicted octanol–water partition coefficient (Wildman–Crippen LogP) is 2.24. The highest BCUT2D eigenvalue weighted by atomic mass is 15.2. The van der Waals surface area contributed by atoms with Crippen molar-refractivity contribution in [2.24, 2.45) is 7.05 Å². The molecule has 1 aromatic heterocycles. The molecule has 3 rings (SSSR count). The molecule has 0 spiro atoms. The van der Waals surface area contributed by atoms with Crippen LogP contribution in [0.15, 0.2) is 36.5 Å². The molecule has 2 heterocycles. The Bertz CT molecular complexity index is 530. The van der Waals surface area contributed by atoms with Crippen LogP contribution in [0.2, 0.25) is 0 Å². The van der Waals surface area contributed by atoms with Crippen LogP contribution in [0.1, 0.15) is 29.3 Å². The van der Waals surface area contributed by atoms with Gasteiger partial charge in [-0.15, -0.1) is 0 Å². The van der Waals surface area contributed by atoms with E-state index in [0.29, 0.717) is 6.04 Å². The quantitative estimate of drug-likeness (QED) is 0.893. The SMILES string of the molecule is Cn1nccc1CCC1NCCc2ccccc21. The van der Waals surface area contributed by atoms with Crippen LogP contribution in [0.25, 0.3) is 0 Å². The van der Waals surface area contributed by atoms with E-state index in [0.717, 1.165) is 25.8 Å². The van der Waals surface area contributed by atoms with E-state index in [1.165, 1.54) is 16.8 Å². The number of benzene rings is 1. The number of aryl methyl sites for hydroxylation is 2. The summed E-state index contributed by atoms with van der Waals surface area (Å²) in [6.07, 6.45) is 5.23. The zero-order valence-corrected chi connectivity index (χ0v) is 10.8. The first-order valence-corrected chi connectivity index (χ1v) is 6.62. The van der Waals surface area contributed by atoms with Crippen molar-refractivity contribution in [1.29, 1.82) is 0 Å². The standard InChI is InChI=1S/C15H19N3/c1-18-13(9-11-17-18)6-7-15-14-5-3-2-4-12(14)8-10-16-15/h2-5,9,11,15-16H,6-8,10H2,1H3. The maximum absolute atomic E-state index is 4.22. The Balaban J connectivity index is 1.73. The topological polar surface area (TPSA) is 29.9 Å². The first-order valence-electron chi connectivity index (χ1n) is 6.62. The van der Waals surface area contributed by atoms with Gasteiger partial charge in [0.15, 0.2) is 0 Å². The number of nitrogens with zero attached hydrogens (tertiary/aromatic N) is 2. The Hall–Kier alpha value is -1.61. The molecule has 18 heavy (non-hydrogen) atoms. The smallest absolute Gasteiger partial charge is 0.0492 e. The average molecular weight is 241 g/mol. The minimum absolute atomic E-state index is 0.491. The van der Waals surface area contributed by atoms with Crippen LogP contribution in [0.3, 0.4) is 0 Å². The third-order valence-electron chi connectivity index (χ3n) is 3.83. The van der Waals surface area contributed by atoms with Gasteiger partial charge in [-0.05, 0) is 43.0 Å². The highest BCUT2D eigenvalue weighted by Gasteiger charge is 2.18. The number of hydrogen-bond acceptors (Lipinski definition) is 2. The molecule has 0 saturated carbocycles. The molecule has 1 N–H and O–H groups in total. The molecule has 3 heteroatoms. The van der Waals surface area contributed by atoms with Crippen LogP contribution in [0.4, 0.5) is 0 Å². The second-order valence-corrected chi connectivity index (χ2v) is 4.94. The minimum atomic E-state index is 0.491. The number of rotatable bonds is 3. The fourth-order valence-corrected chi connectivity index (χ4v) is 2.79. The van der Waals surface area contributed by atoms with Gasteiger partial charge in [0, 0.05) is 25.0 Å². The zero-order valence-electron chi connectivity index (χ0n) is 10.8. The van der Waals surface area contributed by atoms with Gasteiger partial charge in [0.05, 0.1) is 0 Å². The van der Waals surface area contributed by atoms with Crippen molar-refractivity contribution >= 4 is 0 Å². The Morgan fingerprint density at radius 3 is 3.06 bits per heavy atom. The summed E-state index contributed by atoms with van der Waals surface area (Å²) in [5, 5.41) is 7.85. The van der Waals surface area contributed by atoms with E-state index in [1.54, 1.807) is 0 Å². The van der Waals surface area contributed by atoms with Crippen LogP contribution in [0.5, 0.6) is 0 Å². The van der Waals surface area contributed by atoms with Crippen molar-refractivity contribution in [2.45, 2.75) is 25.3 Å². The average Bonchev–Trinajstić information content (AvgIpc) is 2.82. The van der Waals surface area contributed by atoms with Crippen LogP contribution < -0.4 is 5.32 Å². The van der Waals surface area contributed by atoms with Crippen LogP contribution >= 0.6 is 0 Å². The lowest BCUT2D eigenvalue weighted by atomic mass is 9.91. The predicted molar refractivity (Wildman–Crippen MR) is 72.4 cm³/mol. The first kappa shape index (κ1) is 11.5. The van der Waals surface area contributed by atoms with E-state index in [9.17, 15) is 0 Å². The minimum Gasteiger partial charge on any atom is -0.310 e. The van der Waals surface area contributed by atoms with Crippen molar-refractivity contribution in [2.75, 3.05) is 6.54 Å². The first-order chi connectivity index (χ1) is 8.84. The molecule has 3 nitrogen and oxygen atoms in total. The molecule has 1 unspecified atom stereocenters. The summed E-state index contributed by atoms with van der Waals surface area (Å²) in [6.45, 7) is 1.09. The molecule has 0 amide bonds. The van der Waals surface area contributed by atoms with E-state index in [4.69, 9.17) is 0 Å². The lowest BCUT2D eigenvalue weighted by Crippen LogP contribution is -2.30. The van der Waals surface area contributed by atoms with Crippen molar-refractivity contribution in [3.8, 4) is 0 Å². The lowest BCUT2D eigenvalue weighted by molar-refractivity contribution is 0.469. The molecule has 0 bridgehead atoms. The van der Waals surface area contributed by atoms with Gasteiger partial charge in [-0.25, -0.2) is 0 Å². The van der Waals surface area contributed by atoms with Gasteiger partial charge >= 0.3 is 0 Å². The Kier molecular flexibility index (Phi) is 3.15. The van der Waals surface area contributed by atoms with E-state index in [1.807, 2.05) is 17.9 Å². The van der Waals surface area contributed by atoms with Crippen LogP contribution in [-0.2, 0) is 19.9 Å². The van der Waals surface area contributed by atoms with Crippen LogP contribution in [-0.4, -0.2) is 16.3 Å². The number of hydrogen-bond donors (Lipinski definition) is 1. The molecule has 1 aliphatic heterocycles. The summed E-state index contributed by atoms with van der Waals surface area (Å²) >= 11 is 0. The molecule has 2 aromatic rings. The zero-order chi connectivity index (χ0) is 12.4. The van der Waals surface area contributed by atoms with E-state index in [-0.39, 0.29) is 0 Å². The maximum Gasteiger partial charge on any atom is 0.0492 e. The van der Waals surface area contributed by atoms with Gasteiger partial charge in [0.1, 0.15) is 0 Å². The molecule has 0 fully saturated rings. The largest absolute Gasteiger partial charge is 0.310 e. The number of fused-ring (bicyclic) bond motifs is 1.